The Morgan fingerprint density at radius 3 is 1.83 bits per heavy atom. The molecule has 2 aromatic rings. The van der Waals surface area contributed by atoms with Crippen LogP contribution in [0.15, 0.2) is 30.3 Å². The lowest BCUT2D eigenvalue weighted by molar-refractivity contribution is -0.119. The zero-order chi connectivity index (χ0) is 22.1. The van der Waals surface area contributed by atoms with Crippen LogP contribution in [0.3, 0.4) is 0 Å². The number of carbonyl (C=O) groups is 2. The molecule has 1 N–H and O–H groups in total. The second-order valence-corrected chi connectivity index (χ2v) is 6.60. The zero-order valence-corrected chi connectivity index (χ0v) is 18.2. The van der Waals surface area contributed by atoms with Crippen molar-refractivity contribution in [3.8, 4) is 17.2 Å². The zero-order valence-electron chi connectivity index (χ0n) is 18.2. The summed E-state index contributed by atoms with van der Waals surface area (Å²) in [6.45, 7) is 10.2. The molecule has 0 fully saturated rings. The lowest BCUT2D eigenvalue weighted by Crippen LogP contribution is -2.21. The van der Waals surface area contributed by atoms with Gasteiger partial charge < -0.3 is 24.3 Å². The molecule has 0 radical (unpaired) electrons. The quantitative estimate of drug-likeness (QED) is 0.583. The monoisotopic (exact) mass is 415 g/mol. The Morgan fingerprint density at radius 2 is 1.33 bits per heavy atom. The predicted octanol–water partition coefficient (Wildman–Crippen LogP) is 4.30. The van der Waals surface area contributed by atoms with Crippen LogP contribution in [0.25, 0.3) is 0 Å². The molecule has 0 aliphatic rings. The van der Waals surface area contributed by atoms with Gasteiger partial charge in [0.05, 0.1) is 25.4 Å². The number of hydrogen-bond acceptors (Lipinski definition) is 6. The largest absolute Gasteiger partial charge is 0.490 e. The number of ether oxygens (including phenoxy) is 4. The Bertz CT molecular complexity index is 846. The average molecular weight is 415 g/mol. The van der Waals surface area contributed by atoms with E-state index in [-0.39, 0.29) is 5.56 Å². The Kier molecular flexibility index (Phi) is 8.53. The first-order valence-electron chi connectivity index (χ1n) is 9.99. The first-order chi connectivity index (χ1) is 14.4. The number of esters is 1. The van der Waals surface area contributed by atoms with Crippen molar-refractivity contribution in [1.82, 2.24) is 0 Å². The molecule has 1 amide bonds. The van der Waals surface area contributed by atoms with Gasteiger partial charge in [-0.05, 0) is 70.0 Å². The van der Waals surface area contributed by atoms with Gasteiger partial charge in [-0.3, -0.25) is 4.79 Å². The van der Waals surface area contributed by atoms with Crippen LogP contribution in [0.1, 0.15) is 42.3 Å². The lowest BCUT2D eigenvalue weighted by Gasteiger charge is -2.16. The summed E-state index contributed by atoms with van der Waals surface area (Å²) in [7, 11) is 0. The molecule has 2 aromatic carbocycles. The summed E-state index contributed by atoms with van der Waals surface area (Å²) in [5.74, 6) is 0.129. The van der Waals surface area contributed by atoms with Gasteiger partial charge in [-0.2, -0.15) is 0 Å². The Morgan fingerprint density at radius 1 is 0.800 bits per heavy atom. The molecule has 0 bridgehead atoms. The number of nitrogens with one attached hydrogen (secondary N) is 1. The molecule has 0 saturated carbocycles. The molecule has 0 spiro atoms. The van der Waals surface area contributed by atoms with E-state index in [9.17, 15) is 9.59 Å². The van der Waals surface area contributed by atoms with Crippen LogP contribution in [-0.4, -0.2) is 38.3 Å². The van der Waals surface area contributed by atoms with Gasteiger partial charge >= 0.3 is 5.97 Å². The van der Waals surface area contributed by atoms with E-state index in [0.717, 1.165) is 11.1 Å². The van der Waals surface area contributed by atoms with E-state index in [2.05, 4.69) is 5.32 Å². The fraction of sp³-hybridized carbons (Fsp3) is 0.391. The van der Waals surface area contributed by atoms with E-state index in [1.165, 1.54) is 12.1 Å². The minimum atomic E-state index is -0.657. The Hall–Kier alpha value is -3.22. The van der Waals surface area contributed by atoms with Crippen molar-refractivity contribution >= 4 is 17.6 Å². The molecule has 7 nitrogen and oxygen atoms in total. The number of amides is 1. The molecule has 30 heavy (non-hydrogen) atoms. The van der Waals surface area contributed by atoms with Crippen molar-refractivity contribution in [2.24, 2.45) is 0 Å². The van der Waals surface area contributed by atoms with E-state index in [1.54, 1.807) is 0 Å². The van der Waals surface area contributed by atoms with Crippen molar-refractivity contribution in [3.63, 3.8) is 0 Å². The molecule has 0 saturated heterocycles. The van der Waals surface area contributed by atoms with Gasteiger partial charge in [0.2, 0.25) is 5.75 Å². The predicted molar refractivity (Wildman–Crippen MR) is 115 cm³/mol. The average Bonchev–Trinajstić information content (AvgIpc) is 2.68. The topological polar surface area (TPSA) is 83.1 Å². The third kappa shape index (κ3) is 6.40. The van der Waals surface area contributed by atoms with E-state index in [0.29, 0.717) is 42.8 Å². The number of rotatable bonds is 10. The third-order valence-corrected chi connectivity index (χ3v) is 3.98. The SMILES string of the molecule is CCOc1cc(C(=O)OCC(=O)Nc2cc(C)cc(C)c2)cc(OCC)c1OCC. The molecule has 0 aromatic heterocycles. The molecule has 0 heterocycles. The highest BCUT2D eigenvalue weighted by molar-refractivity contribution is 5.96. The van der Waals surface area contributed by atoms with Gasteiger partial charge in [0.25, 0.3) is 5.91 Å². The second kappa shape index (κ2) is 11.1. The Balaban J connectivity index is 2.12. The maximum Gasteiger partial charge on any atom is 0.338 e. The van der Waals surface area contributed by atoms with Crippen LogP contribution in [0.5, 0.6) is 17.2 Å². The van der Waals surface area contributed by atoms with E-state index in [4.69, 9.17) is 18.9 Å². The molecule has 0 atom stereocenters. The third-order valence-electron chi connectivity index (χ3n) is 3.98. The molecular weight excluding hydrogens is 386 g/mol. The summed E-state index contributed by atoms with van der Waals surface area (Å²) < 4.78 is 22.0. The molecule has 0 unspecified atom stereocenters. The fourth-order valence-corrected chi connectivity index (χ4v) is 2.96. The van der Waals surface area contributed by atoms with E-state index in [1.807, 2.05) is 52.8 Å². The lowest BCUT2D eigenvalue weighted by atomic mass is 10.1. The maximum atomic E-state index is 12.5. The highest BCUT2D eigenvalue weighted by atomic mass is 16.5. The molecular formula is C23H29NO6. The summed E-state index contributed by atoms with van der Waals surface area (Å²) >= 11 is 0. The van der Waals surface area contributed by atoms with Crippen molar-refractivity contribution < 1.29 is 28.5 Å². The van der Waals surface area contributed by atoms with Crippen molar-refractivity contribution in [1.29, 1.82) is 0 Å². The van der Waals surface area contributed by atoms with Gasteiger partial charge in [-0.15, -0.1) is 0 Å². The van der Waals surface area contributed by atoms with Crippen LogP contribution >= 0.6 is 0 Å². The molecule has 2 rings (SSSR count). The van der Waals surface area contributed by atoms with Gasteiger partial charge in [0, 0.05) is 5.69 Å². The summed E-state index contributed by atoms with van der Waals surface area (Å²) in [6, 6.07) is 8.76. The number of benzene rings is 2. The summed E-state index contributed by atoms with van der Waals surface area (Å²) in [6.07, 6.45) is 0. The van der Waals surface area contributed by atoms with Crippen LogP contribution in [-0.2, 0) is 9.53 Å². The van der Waals surface area contributed by atoms with Crippen LogP contribution in [0, 0.1) is 13.8 Å². The first kappa shape index (κ1) is 23.1. The number of aryl methyl sites for hydroxylation is 2. The molecule has 162 valence electrons. The molecule has 0 aliphatic heterocycles. The Labute approximate surface area is 177 Å². The molecule has 7 heteroatoms. The highest BCUT2D eigenvalue weighted by Crippen LogP contribution is 2.39. The summed E-state index contributed by atoms with van der Waals surface area (Å²) in [4.78, 5) is 24.7. The number of carbonyl (C=O) groups excluding carboxylic acids is 2. The summed E-state index contributed by atoms with van der Waals surface area (Å²) in [5, 5.41) is 2.73. The van der Waals surface area contributed by atoms with Crippen molar-refractivity contribution in [3.05, 3.63) is 47.0 Å². The van der Waals surface area contributed by atoms with Gasteiger partial charge in [-0.25, -0.2) is 4.79 Å². The van der Waals surface area contributed by atoms with Crippen LogP contribution < -0.4 is 19.5 Å². The van der Waals surface area contributed by atoms with Gasteiger partial charge in [-0.1, -0.05) is 6.07 Å². The fourth-order valence-electron chi connectivity index (χ4n) is 2.96. The van der Waals surface area contributed by atoms with Gasteiger partial charge in [0.15, 0.2) is 18.1 Å². The maximum absolute atomic E-state index is 12.5. The standard InChI is InChI=1S/C23H29NO6/c1-6-27-19-12-17(13-20(28-7-2)22(19)29-8-3)23(26)30-14-21(25)24-18-10-15(4)9-16(5)11-18/h9-13H,6-8,14H2,1-5H3,(H,24,25). The number of hydrogen-bond donors (Lipinski definition) is 1. The minimum absolute atomic E-state index is 0.213. The van der Waals surface area contributed by atoms with Crippen molar-refractivity contribution in [2.75, 3.05) is 31.7 Å². The highest BCUT2D eigenvalue weighted by Gasteiger charge is 2.20. The first-order valence-corrected chi connectivity index (χ1v) is 9.99. The molecule has 0 aliphatic carbocycles. The number of anilines is 1. The van der Waals surface area contributed by atoms with Crippen LogP contribution in [0.2, 0.25) is 0 Å². The van der Waals surface area contributed by atoms with Crippen LogP contribution in [0.4, 0.5) is 5.69 Å². The minimum Gasteiger partial charge on any atom is -0.490 e. The van der Waals surface area contributed by atoms with E-state index >= 15 is 0 Å². The van der Waals surface area contributed by atoms with Crippen molar-refractivity contribution in [2.45, 2.75) is 34.6 Å². The normalized spacial score (nSPS) is 10.3. The van der Waals surface area contributed by atoms with Gasteiger partial charge in [0.1, 0.15) is 0 Å². The van der Waals surface area contributed by atoms with E-state index < -0.39 is 18.5 Å². The second-order valence-electron chi connectivity index (χ2n) is 6.60. The smallest absolute Gasteiger partial charge is 0.338 e. The summed E-state index contributed by atoms with van der Waals surface area (Å²) in [5.41, 5.74) is 2.93.